The molecule has 8 heteroatoms. The van der Waals surface area contributed by atoms with Gasteiger partial charge in [0.25, 0.3) is 0 Å². The van der Waals surface area contributed by atoms with E-state index in [9.17, 15) is 4.79 Å². The minimum absolute atomic E-state index is 0.0150. The number of nitrogens with zero attached hydrogens (tertiary/aromatic N) is 4. The molecule has 0 spiro atoms. The zero-order chi connectivity index (χ0) is 13.0. The van der Waals surface area contributed by atoms with Crippen molar-refractivity contribution in [1.82, 2.24) is 19.7 Å². The first-order chi connectivity index (χ1) is 8.72. The number of rotatable bonds is 6. The topological polar surface area (TPSA) is 80.9 Å². The molecule has 18 heavy (non-hydrogen) atoms. The summed E-state index contributed by atoms with van der Waals surface area (Å²) in [5.41, 5.74) is 2.52. The van der Waals surface area contributed by atoms with Crippen molar-refractivity contribution in [2.75, 3.05) is 5.75 Å². The highest BCUT2D eigenvalue weighted by atomic mass is 32.2. The number of hydrogen-bond acceptors (Lipinski definition) is 6. The maximum atomic E-state index is 10.6. The standard InChI is InChI=1S/C10H12N4O2S2/c1-2-3-14-9(7-4-17-6-11-7)12-13-10(14)18-5-8(15)16/h4,6H,2-3,5H2,1H3,(H,15,16). The molecule has 0 bridgehead atoms. The molecule has 2 rings (SSSR count). The molecule has 0 aliphatic rings. The van der Waals surface area contributed by atoms with Crippen LogP contribution in [0.3, 0.4) is 0 Å². The fraction of sp³-hybridized carbons (Fsp3) is 0.400. The monoisotopic (exact) mass is 284 g/mol. The van der Waals surface area contributed by atoms with Gasteiger partial charge in [0.15, 0.2) is 11.0 Å². The van der Waals surface area contributed by atoms with Crippen molar-refractivity contribution >= 4 is 29.1 Å². The highest BCUT2D eigenvalue weighted by Gasteiger charge is 2.15. The second-order valence-corrected chi connectivity index (χ2v) is 5.18. The zero-order valence-corrected chi connectivity index (χ0v) is 11.4. The highest BCUT2D eigenvalue weighted by Crippen LogP contribution is 2.24. The Bertz CT molecular complexity index is 524. The Labute approximate surface area is 112 Å². The summed E-state index contributed by atoms with van der Waals surface area (Å²) in [4.78, 5) is 14.8. The van der Waals surface area contributed by atoms with Gasteiger partial charge in [-0.15, -0.1) is 21.5 Å². The molecule has 96 valence electrons. The predicted octanol–water partition coefficient (Wildman–Crippen LogP) is 1.99. The van der Waals surface area contributed by atoms with E-state index in [1.165, 1.54) is 23.1 Å². The first-order valence-electron chi connectivity index (χ1n) is 5.38. The number of carboxylic acids is 1. The molecule has 0 saturated heterocycles. The van der Waals surface area contributed by atoms with Crippen LogP contribution < -0.4 is 0 Å². The van der Waals surface area contributed by atoms with Crippen LogP contribution >= 0.6 is 23.1 Å². The Morgan fingerprint density at radius 2 is 2.39 bits per heavy atom. The lowest BCUT2D eigenvalue weighted by Crippen LogP contribution is -2.04. The van der Waals surface area contributed by atoms with Gasteiger partial charge < -0.3 is 9.67 Å². The number of thioether (sulfide) groups is 1. The molecule has 0 radical (unpaired) electrons. The van der Waals surface area contributed by atoms with Crippen molar-refractivity contribution in [3.05, 3.63) is 10.9 Å². The van der Waals surface area contributed by atoms with Gasteiger partial charge in [0, 0.05) is 11.9 Å². The average Bonchev–Trinajstić information content (AvgIpc) is 2.95. The molecular formula is C10H12N4O2S2. The first-order valence-corrected chi connectivity index (χ1v) is 7.31. The summed E-state index contributed by atoms with van der Waals surface area (Å²) < 4.78 is 1.92. The Hall–Kier alpha value is -1.41. The number of carbonyl (C=O) groups is 1. The number of thiazole rings is 1. The van der Waals surface area contributed by atoms with E-state index in [1.54, 1.807) is 5.51 Å². The van der Waals surface area contributed by atoms with Crippen molar-refractivity contribution < 1.29 is 9.90 Å². The lowest BCUT2D eigenvalue weighted by atomic mass is 10.4. The second-order valence-electron chi connectivity index (χ2n) is 3.51. The molecule has 2 aromatic heterocycles. The van der Waals surface area contributed by atoms with Gasteiger partial charge in [-0.25, -0.2) is 4.98 Å². The van der Waals surface area contributed by atoms with Crippen molar-refractivity contribution in [3.8, 4) is 11.5 Å². The lowest BCUT2D eigenvalue weighted by Gasteiger charge is -2.06. The second kappa shape index (κ2) is 5.96. The van der Waals surface area contributed by atoms with Crippen LogP contribution in [-0.2, 0) is 11.3 Å². The van der Waals surface area contributed by atoms with Gasteiger partial charge in [-0.05, 0) is 6.42 Å². The summed E-state index contributed by atoms with van der Waals surface area (Å²) in [6, 6.07) is 0. The van der Waals surface area contributed by atoms with Gasteiger partial charge in [-0.2, -0.15) is 0 Å². The third kappa shape index (κ3) is 2.88. The van der Waals surface area contributed by atoms with E-state index in [-0.39, 0.29) is 5.75 Å². The van der Waals surface area contributed by atoms with Gasteiger partial charge in [-0.3, -0.25) is 4.79 Å². The van der Waals surface area contributed by atoms with Gasteiger partial charge in [-0.1, -0.05) is 18.7 Å². The number of carboxylic acid groups (broad SMARTS) is 1. The predicted molar refractivity (Wildman–Crippen MR) is 69.8 cm³/mol. The van der Waals surface area contributed by atoms with E-state index in [0.29, 0.717) is 11.0 Å². The van der Waals surface area contributed by atoms with Crippen LogP contribution in [0.5, 0.6) is 0 Å². The summed E-state index contributed by atoms with van der Waals surface area (Å²) in [6.07, 6.45) is 0.926. The quantitative estimate of drug-likeness (QED) is 0.817. The molecular weight excluding hydrogens is 272 g/mol. The van der Waals surface area contributed by atoms with Crippen molar-refractivity contribution in [1.29, 1.82) is 0 Å². The molecule has 1 N–H and O–H groups in total. The SMILES string of the molecule is CCCn1c(SCC(=O)O)nnc1-c1cscn1. The molecule has 2 aromatic rings. The third-order valence-electron chi connectivity index (χ3n) is 2.15. The van der Waals surface area contributed by atoms with Crippen LogP contribution in [0.1, 0.15) is 13.3 Å². The van der Waals surface area contributed by atoms with E-state index in [4.69, 9.17) is 5.11 Å². The first kappa shape index (κ1) is 13.0. The maximum absolute atomic E-state index is 10.6. The summed E-state index contributed by atoms with van der Waals surface area (Å²) in [5.74, 6) is -0.175. The average molecular weight is 284 g/mol. The molecule has 0 saturated carbocycles. The molecule has 2 heterocycles. The maximum Gasteiger partial charge on any atom is 0.313 e. The number of aromatic nitrogens is 4. The molecule has 0 fully saturated rings. The lowest BCUT2D eigenvalue weighted by molar-refractivity contribution is -0.133. The summed E-state index contributed by atoms with van der Waals surface area (Å²) in [7, 11) is 0. The minimum atomic E-state index is -0.860. The van der Waals surface area contributed by atoms with E-state index in [2.05, 4.69) is 22.1 Å². The normalized spacial score (nSPS) is 10.7. The zero-order valence-electron chi connectivity index (χ0n) is 9.74. The fourth-order valence-corrected chi connectivity index (χ4v) is 2.67. The van der Waals surface area contributed by atoms with E-state index in [0.717, 1.165) is 18.7 Å². The Kier molecular flexibility index (Phi) is 4.32. The van der Waals surface area contributed by atoms with E-state index >= 15 is 0 Å². The number of hydrogen-bond donors (Lipinski definition) is 1. The summed E-state index contributed by atoms with van der Waals surface area (Å²) in [6.45, 7) is 2.80. The van der Waals surface area contributed by atoms with Gasteiger partial charge in [0.2, 0.25) is 0 Å². The molecule has 0 aromatic carbocycles. The summed E-state index contributed by atoms with van der Waals surface area (Å²) >= 11 is 2.67. The van der Waals surface area contributed by atoms with Crippen LogP contribution in [0.4, 0.5) is 0 Å². The molecule has 0 unspecified atom stereocenters. The highest BCUT2D eigenvalue weighted by molar-refractivity contribution is 7.99. The number of aliphatic carboxylic acids is 1. The minimum Gasteiger partial charge on any atom is -0.481 e. The van der Waals surface area contributed by atoms with Gasteiger partial charge >= 0.3 is 5.97 Å². The summed E-state index contributed by atoms with van der Waals surface area (Å²) in [5, 5.41) is 19.4. The Balaban J connectivity index is 2.28. The van der Waals surface area contributed by atoms with Crippen LogP contribution in [0.2, 0.25) is 0 Å². The van der Waals surface area contributed by atoms with E-state index in [1.807, 2.05) is 9.95 Å². The van der Waals surface area contributed by atoms with Crippen molar-refractivity contribution in [3.63, 3.8) is 0 Å². The fourth-order valence-electron chi connectivity index (χ4n) is 1.46. The van der Waals surface area contributed by atoms with Gasteiger partial charge in [0.1, 0.15) is 5.69 Å². The molecule has 0 atom stereocenters. The molecule has 0 aliphatic carbocycles. The van der Waals surface area contributed by atoms with Crippen molar-refractivity contribution in [2.45, 2.75) is 25.0 Å². The van der Waals surface area contributed by atoms with Crippen LogP contribution in [-0.4, -0.2) is 36.6 Å². The van der Waals surface area contributed by atoms with Crippen LogP contribution in [0, 0.1) is 0 Å². The molecule has 6 nitrogen and oxygen atoms in total. The smallest absolute Gasteiger partial charge is 0.313 e. The largest absolute Gasteiger partial charge is 0.481 e. The Morgan fingerprint density at radius 3 is 3.00 bits per heavy atom. The van der Waals surface area contributed by atoms with Gasteiger partial charge in [0.05, 0.1) is 11.3 Å². The van der Waals surface area contributed by atoms with Crippen molar-refractivity contribution in [2.24, 2.45) is 0 Å². The third-order valence-corrected chi connectivity index (χ3v) is 3.69. The van der Waals surface area contributed by atoms with E-state index < -0.39 is 5.97 Å². The van der Waals surface area contributed by atoms with Crippen LogP contribution in [0.25, 0.3) is 11.5 Å². The Morgan fingerprint density at radius 1 is 1.56 bits per heavy atom. The molecule has 0 amide bonds. The van der Waals surface area contributed by atoms with Crippen LogP contribution in [0.15, 0.2) is 16.0 Å². The molecule has 0 aliphatic heterocycles.